The van der Waals surface area contributed by atoms with Gasteiger partial charge in [0.05, 0.1) is 24.5 Å². The van der Waals surface area contributed by atoms with Crippen molar-refractivity contribution in [2.45, 2.75) is 58.5 Å². The molecule has 7 heteroatoms. The minimum Gasteiger partial charge on any atom is -1.00 e. The Kier molecular flexibility index (Phi) is 11.2. The molecule has 228 valence electrons. The van der Waals surface area contributed by atoms with E-state index in [2.05, 4.69) is 64.1 Å². The highest BCUT2D eigenvalue weighted by Gasteiger charge is 2.27. The van der Waals surface area contributed by atoms with Crippen molar-refractivity contribution in [1.29, 1.82) is 0 Å². The first kappa shape index (κ1) is 33.3. The van der Waals surface area contributed by atoms with Crippen molar-refractivity contribution in [2.24, 2.45) is 0 Å². The third kappa shape index (κ3) is 7.95. The lowest BCUT2D eigenvalue weighted by atomic mass is 10.1. The lowest BCUT2D eigenvalue weighted by Crippen LogP contribution is -3.00. The van der Waals surface area contributed by atoms with Gasteiger partial charge in [-0.15, -0.1) is 11.3 Å². The summed E-state index contributed by atoms with van der Waals surface area (Å²) < 4.78 is 32.2. The molecule has 4 aromatic carbocycles. The van der Waals surface area contributed by atoms with E-state index in [-0.39, 0.29) is 17.0 Å². The summed E-state index contributed by atoms with van der Waals surface area (Å²) in [5.41, 5.74) is 4.01. The summed E-state index contributed by atoms with van der Waals surface area (Å²) in [4.78, 5) is 1.44. The van der Waals surface area contributed by atoms with Gasteiger partial charge in [-0.25, -0.2) is 8.42 Å². The van der Waals surface area contributed by atoms with Gasteiger partial charge in [-0.3, -0.25) is 0 Å². The van der Waals surface area contributed by atoms with Crippen LogP contribution in [0.2, 0.25) is 0 Å². The molecule has 0 unspecified atom stereocenters. The molecule has 0 aliphatic carbocycles. The second-order valence-corrected chi connectivity index (χ2v) is 14.8. The molecular weight excluding hydrogens is 636 g/mol. The van der Waals surface area contributed by atoms with Gasteiger partial charge in [-0.1, -0.05) is 77.9 Å². The van der Waals surface area contributed by atoms with Gasteiger partial charge in [0, 0.05) is 28.2 Å². The summed E-state index contributed by atoms with van der Waals surface area (Å²) in [6.07, 6.45) is 1.80. The predicted molar refractivity (Wildman–Crippen MR) is 178 cm³/mol. The molecule has 0 amide bonds. The van der Waals surface area contributed by atoms with E-state index in [1.54, 1.807) is 21.7 Å². The Labute approximate surface area is 272 Å². The average Bonchev–Trinajstić information content (AvgIpc) is 3.40. The van der Waals surface area contributed by atoms with Crippen LogP contribution in [0.3, 0.4) is 0 Å². The lowest BCUT2D eigenvalue weighted by molar-refractivity contribution is -0.938. The monoisotopic (exact) mass is 678 g/mol. The van der Waals surface area contributed by atoms with Crippen molar-refractivity contribution in [1.82, 2.24) is 4.31 Å². The van der Waals surface area contributed by atoms with E-state index in [0.717, 1.165) is 59.2 Å². The van der Waals surface area contributed by atoms with Gasteiger partial charge in [0.2, 0.25) is 10.0 Å². The minimum absolute atomic E-state index is 0. The van der Waals surface area contributed by atoms with Gasteiger partial charge < -0.3 is 21.5 Å². The number of quaternary nitrogens is 1. The number of hydrogen-bond donors (Lipinski definition) is 0. The third-order valence-electron chi connectivity index (χ3n) is 8.60. The maximum Gasteiger partial charge on any atom is 0.243 e. The zero-order valence-corrected chi connectivity index (χ0v) is 28.9. The maximum atomic E-state index is 14.1. The molecule has 0 saturated heterocycles. The van der Waals surface area contributed by atoms with Crippen LogP contribution in [-0.4, -0.2) is 43.4 Å². The topological polar surface area (TPSA) is 37.4 Å². The fourth-order valence-corrected chi connectivity index (χ4v) is 8.83. The van der Waals surface area contributed by atoms with Crippen LogP contribution in [0.4, 0.5) is 0 Å². The molecule has 43 heavy (non-hydrogen) atoms. The van der Waals surface area contributed by atoms with Crippen molar-refractivity contribution < 1.29 is 29.9 Å². The van der Waals surface area contributed by atoms with Gasteiger partial charge in [0.15, 0.2) is 0 Å². The second-order valence-electron chi connectivity index (χ2n) is 11.7. The van der Waals surface area contributed by atoms with Crippen molar-refractivity contribution in [2.75, 3.05) is 26.2 Å². The molecule has 1 heterocycles. The molecule has 0 atom stereocenters. The standard InChI is InChI=1S/C36H43N2O2S2.BrH/c1-5-38(6-2,27-30-22-28(3)21-29(4)23-30)20-12-11-19-37(26-34-24-33-15-9-10-16-36(33)41-34)42(39,40)35-18-17-31-13-7-8-14-32(31)25-35;/h7-10,13-18,21-25H,5-6,11-12,19-20,26-27H2,1-4H3;1H/q+1;/p-1. The molecule has 0 aliphatic heterocycles. The predicted octanol–water partition coefficient (Wildman–Crippen LogP) is 5.70. The summed E-state index contributed by atoms with van der Waals surface area (Å²) in [5, 5.41) is 3.16. The van der Waals surface area contributed by atoms with Crippen LogP contribution in [-0.2, 0) is 23.1 Å². The number of hydrogen-bond acceptors (Lipinski definition) is 3. The Morgan fingerprint density at radius 3 is 2.07 bits per heavy atom. The van der Waals surface area contributed by atoms with E-state index >= 15 is 0 Å². The molecule has 5 rings (SSSR count). The summed E-state index contributed by atoms with van der Waals surface area (Å²) in [6, 6.07) is 30.7. The molecule has 0 saturated carbocycles. The number of unbranched alkanes of at least 4 members (excludes halogenated alkanes) is 1. The molecule has 5 aromatic rings. The number of rotatable bonds is 13. The Bertz CT molecular complexity index is 1720. The van der Waals surface area contributed by atoms with E-state index < -0.39 is 10.0 Å². The second kappa shape index (κ2) is 14.5. The first-order chi connectivity index (χ1) is 20.2. The lowest BCUT2D eigenvalue weighted by Gasteiger charge is -2.37. The Morgan fingerprint density at radius 2 is 1.40 bits per heavy atom. The number of aryl methyl sites for hydroxylation is 2. The van der Waals surface area contributed by atoms with Crippen LogP contribution < -0.4 is 17.0 Å². The maximum absolute atomic E-state index is 14.1. The first-order valence-corrected chi connectivity index (χ1v) is 17.4. The molecule has 0 aliphatic rings. The minimum atomic E-state index is -3.68. The molecule has 0 bridgehead atoms. The quantitative estimate of drug-likeness (QED) is 0.118. The number of thiophene rings is 1. The largest absolute Gasteiger partial charge is 1.00 e. The SMILES string of the molecule is CC[N+](CC)(CCCCN(Cc1cc2ccccc2s1)S(=O)(=O)c1ccc2ccccc2c1)Cc1cc(C)cc(C)c1.[Br-]. The number of halogens is 1. The van der Waals surface area contributed by atoms with Gasteiger partial charge in [0.1, 0.15) is 6.54 Å². The Balaban J connectivity index is 0.00000423. The molecule has 4 nitrogen and oxygen atoms in total. The van der Waals surface area contributed by atoms with Gasteiger partial charge in [-0.2, -0.15) is 4.31 Å². The average molecular weight is 680 g/mol. The number of sulfonamides is 1. The van der Waals surface area contributed by atoms with Gasteiger partial charge >= 0.3 is 0 Å². The fourth-order valence-electron chi connectivity index (χ4n) is 6.18. The fraction of sp³-hybridized carbons (Fsp3) is 0.333. The van der Waals surface area contributed by atoms with Crippen molar-refractivity contribution in [3.8, 4) is 0 Å². The van der Waals surface area contributed by atoms with Crippen LogP contribution in [0.5, 0.6) is 0 Å². The van der Waals surface area contributed by atoms with Crippen LogP contribution in [0.15, 0.2) is 95.9 Å². The molecule has 1 aromatic heterocycles. The van der Waals surface area contributed by atoms with E-state index in [4.69, 9.17) is 0 Å². The van der Waals surface area contributed by atoms with Crippen molar-refractivity contribution in [3.63, 3.8) is 0 Å². The summed E-state index contributed by atoms with van der Waals surface area (Å²) >= 11 is 1.68. The van der Waals surface area contributed by atoms with Gasteiger partial charge in [0.25, 0.3) is 0 Å². The van der Waals surface area contributed by atoms with E-state index in [1.807, 2.05) is 48.5 Å². The summed E-state index contributed by atoms with van der Waals surface area (Å²) in [5.74, 6) is 0. The summed E-state index contributed by atoms with van der Waals surface area (Å²) in [7, 11) is -3.68. The highest BCUT2D eigenvalue weighted by molar-refractivity contribution is 7.89. The van der Waals surface area contributed by atoms with Crippen LogP contribution in [0.25, 0.3) is 20.9 Å². The first-order valence-electron chi connectivity index (χ1n) is 15.1. The van der Waals surface area contributed by atoms with Crippen molar-refractivity contribution in [3.05, 3.63) is 113 Å². The van der Waals surface area contributed by atoms with Gasteiger partial charge in [-0.05, 0) is 81.0 Å². The molecule has 0 radical (unpaired) electrons. The number of nitrogens with zero attached hydrogens (tertiary/aromatic N) is 2. The molecule has 0 N–H and O–H groups in total. The highest BCUT2D eigenvalue weighted by atomic mass is 79.9. The Morgan fingerprint density at radius 1 is 0.744 bits per heavy atom. The zero-order valence-electron chi connectivity index (χ0n) is 25.7. The van der Waals surface area contributed by atoms with Crippen LogP contribution in [0.1, 0.15) is 48.3 Å². The Hall–Kier alpha value is -2.55. The summed E-state index contributed by atoms with van der Waals surface area (Å²) in [6.45, 7) is 14.0. The molecule has 0 fully saturated rings. The van der Waals surface area contributed by atoms with Crippen LogP contribution in [0, 0.1) is 13.8 Å². The number of benzene rings is 4. The number of fused-ring (bicyclic) bond motifs is 2. The zero-order chi connectivity index (χ0) is 29.7. The molecular formula is C36H43BrN2O2S2. The van der Waals surface area contributed by atoms with E-state index in [9.17, 15) is 8.42 Å². The van der Waals surface area contributed by atoms with Crippen molar-refractivity contribution >= 4 is 42.2 Å². The third-order valence-corrected chi connectivity index (χ3v) is 11.5. The van der Waals surface area contributed by atoms with E-state index in [1.165, 1.54) is 26.8 Å². The highest BCUT2D eigenvalue weighted by Crippen LogP contribution is 2.29. The normalized spacial score (nSPS) is 12.2. The smallest absolute Gasteiger partial charge is 0.243 e. The van der Waals surface area contributed by atoms with E-state index in [0.29, 0.717) is 18.0 Å². The molecule has 0 spiro atoms. The van der Waals surface area contributed by atoms with Crippen LogP contribution >= 0.6 is 11.3 Å².